The van der Waals surface area contributed by atoms with E-state index in [4.69, 9.17) is 9.79 Å². The Hall–Kier alpha value is -0.000000000000000167. The predicted molar refractivity (Wildman–Crippen MR) is 72.7 cm³/mol. The van der Waals surface area contributed by atoms with Gasteiger partial charge in [0.15, 0.2) is 0 Å². The molecule has 1 rings (SSSR count). The number of rotatable bonds is 6. The molecule has 0 amide bonds. The summed E-state index contributed by atoms with van der Waals surface area (Å²) >= 11 is 4.80. The fourth-order valence-corrected chi connectivity index (χ4v) is 3.35. The quantitative estimate of drug-likeness (QED) is 0.421. The van der Waals surface area contributed by atoms with Crippen molar-refractivity contribution in [2.24, 2.45) is 0 Å². The minimum absolute atomic E-state index is 0.0714. The number of benzene rings is 1. The molecule has 1 aromatic rings. The van der Waals surface area contributed by atoms with E-state index in [1.54, 1.807) is 12.1 Å². The molecule has 3 N–H and O–H groups in total. The summed E-state index contributed by atoms with van der Waals surface area (Å²) in [5.41, 5.74) is 0. The zero-order valence-corrected chi connectivity index (χ0v) is 12.3. The summed E-state index contributed by atoms with van der Waals surface area (Å²) in [7, 11) is -3.86. The molecule has 0 aromatic heterocycles. The third kappa shape index (κ3) is 6.48. The lowest BCUT2D eigenvalue weighted by Gasteiger charge is -2.05. The molecule has 0 atom stereocenters. The summed E-state index contributed by atoms with van der Waals surface area (Å²) in [6.45, 7) is 0. The topological polar surface area (TPSA) is 77.8 Å². The molecule has 96 valence electrons. The Labute approximate surface area is 113 Å². The van der Waals surface area contributed by atoms with Crippen molar-refractivity contribution in [1.82, 2.24) is 0 Å². The van der Waals surface area contributed by atoms with Crippen molar-refractivity contribution in [3.05, 3.63) is 22.7 Å². The van der Waals surface area contributed by atoms with Crippen LogP contribution in [0.2, 0.25) is 0 Å². The van der Waals surface area contributed by atoms with Crippen molar-refractivity contribution in [3.8, 4) is 5.75 Å². The van der Waals surface area contributed by atoms with Crippen molar-refractivity contribution in [1.29, 1.82) is 0 Å². The van der Waals surface area contributed by atoms with Gasteiger partial charge in [-0.15, -0.1) is 11.8 Å². The number of phenols is 1. The van der Waals surface area contributed by atoms with Crippen LogP contribution in [0.5, 0.6) is 5.75 Å². The lowest BCUT2D eigenvalue weighted by Crippen LogP contribution is -1.89. The van der Waals surface area contributed by atoms with Gasteiger partial charge >= 0.3 is 7.60 Å². The second kappa shape index (κ2) is 6.81. The average Bonchev–Trinajstić information content (AvgIpc) is 2.21. The van der Waals surface area contributed by atoms with Gasteiger partial charge in [-0.1, -0.05) is 15.9 Å². The van der Waals surface area contributed by atoms with E-state index in [9.17, 15) is 9.67 Å². The largest absolute Gasteiger partial charge is 0.507 e. The number of hydrogen-bond acceptors (Lipinski definition) is 3. The molecule has 0 radical (unpaired) electrons. The first-order chi connectivity index (χ1) is 7.88. The highest BCUT2D eigenvalue weighted by atomic mass is 79.9. The smallest absolute Gasteiger partial charge is 0.325 e. The van der Waals surface area contributed by atoms with E-state index in [2.05, 4.69) is 15.9 Å². The SMILES string of the molecule is O=P(O)(O)CCCCSc1cc(Br)ccc1O. The van der Waals surface area contributed by atoms with Crippen LogP contribution in [0.4, 0.5) is 0 Å². The van der Waals surface area contributed by atoms with Crippen LogP contribution in [0.15, 0.2) is 27.6 Å². The number of aromatic hydroxyl groups is 1. The Morgan fingerprint density at radius 3 is 2.65 bits per heavy atom. The van der Waals surface area contributed by atoms with Gasteiger partial charge in [-0.25, -0.2) is 0 Å². The molecule has 0 heterocycles. The average molecular weight is 341 g/mol. The normalized spacial score (nSPS) is 11.7. The van der Waals surface area contributed by atoms with Gasteiger partial charge in [0, 0.05) is 10.6 Å². The lowest BCUT2D eigenvalue weighted by atomic mass is 10.3. The second-order valence-electron chi connectivity index (χ2n) is 3.56. The zero-order valence-electron chi connectivity index (χ0n) is 9.04. The first-order valence-electron chi connectivity index (χ1n) is 5.04. The highest BCUT2D eigenvalue weighted by Crippen LogP contribution is 2.36. The minimum Gasteiger partial charge on any atom is -0.507 e. The van der Waals surface area contributed by atoms with E-state index >= 15 is 0 Å². The molecule has 0 aliphatic heterocycles. The van der Waals surface area contributed by atoms with E-state index in [1.165, 1.54) is 11.8 Å². The minimum atomic E-state index is -3.86. The highest BCUT2D eigenvalue weighted by Gasteiger charge is 2.11. The van der Waals surface area contributed by atoms with Crippen molar-refractivity contribution in [2.75, 3.05) is 11.9 Å². The first kappa shape index (κ1) is 15.1. The summed E-state index contributed by atoms with van der Waals surface area (Å²) in [6.07, 6.45) is 1.13. The van der Waals surface area contributed by atoms with Gasteiger partial charge in [-0.2, -0.15) is 0 Å². The molecule has 4 nitrogen and oxygen atoms in total. The van der Waals surface area contributed by atoms with Crippen molar-refractivity contribution >= 4 is 35.3 Å². The summed E-state index contributed by atoms with van der Waals surface area (Å²) in [5, 5.41) is 9.55. The molecule has 0 saturated carbocycles. The van der Waals surface area contributed by atoms with Crippen LogP contribution in [0, 0.1) is 0 Å². The Kier molecular flexibility index (Phi) is 6.03. The van der Waals surface area contributed by atoms with Crippen LogP contribution in [-0.2, 0) is 4.57 Å². The molecule has 0 bridgehead atoms. The van der Waals surface area contributed by atoms with Gasteiger partial charge in [-0.3, -0.25) is 4.57 Å². The van der Waals surface area contributed by atoms with Crippen LogP contribution < -0.4 is 0 Å². The van der Waals surface area contributed by atoms with E-state index < -0.39 is 7.60 Å². The maximum Gasteiger partial charge on any atom is 0.325 e. The number of phenolic OH excluding ortho intramolecular Hbond substituents is 1. The first-order valence-corrected chi connectivity index (χ1v) is 8.62. The molecule has 7 heteroatoms. The molecule has 0 aliphatic carbocycles. The standard InChI is InChI=1S/C10H14BrO4PS/c11-8-3-4-9(12)10(7-8)17-6-2-1-5-16(13,14)15/h3-4,7,12H,1-2,5-6H2,(H2,13,14,15). The monoisotopic (exact) mass is 340 g/mol. The fraction of sp³-hybridized carbons (Fsp3) is 0.400. The van der Waals surface area contributed by atoms with Crippen molar-refractivity contribution in [2.45, 2.75) is 17.7 Å². The Morgan fingerprint density at radius 2 is 2.00 bits per heavy atom. The van der Waals surface area contributed by atoms with E-state index in [0.29, 0.717) is 12.8 Å². The molecular weight excluding hydrogens is 327 g/mol. The van der Waals surface area contributed by atoms with Crippen LogP contribution in [0.25, 0.3) is 0 Å². The summed E-state index contributed by atoms with van der Waals surface area (Å²) in [6, 6.07) is 5.19. The molecule has 0 aliphatic rings. The number of halogens is 1. The molecule has 1 aromatic carbocycles. The van der Waals surface area contributed by atoms with Crippen LogP contribution in [-0.4, -0.2) is 26.8 Å². The van der Waals surface area contributed by atoms with Crippen LogP contribution >= 0.6 is 35.3 Å². The molecule has 0 saturated heterocycles. The van der Waals surface area contributed by atoms with Gasteiger partial charge in [0.25, 0.3) is 0 Å². The molecule has 0 unspecified atom stereocenters. The van der Waals surface area contributed by atoms with Crippen molar-refractivity contribution in [3.63, 3.8) is 0 Å². The van der Waals surface area contributed by atoms with Gasteiger partial charge in [0.2, 0.25) is 0 Å². The highest BCUT2D eigenvalue weighted by molar-refractivity contribution is 9.10. The summed E-state index contributed by atoms with van der Waals surface area (Å²) < 4.78 is 11.5. The van der Waals surface area contributed by atoms with E-state index in [-0.39, 0.29) is 11.9 Å². The van der Waals surface area contributed by atoms with Crippen LogP contribution in [0.1, 0.15) is 12.8 Å². The van der Waals surface area contributed by atoms with Crippen LogP contribution in [0.3, 0.4) is 0 Å². The molecule has 0 fully saturated rings. The van der Waals surface area contributed by atoms with Gasteiger partial charge in [0.1, 0.15) is 5.75 Å². The molecule has 17 heavy (non-hydrogen) atoms. The Bertz CT molecular complexity index is 421. The second-order valence-corrected chi connectivity index (χ2v) is 7.38. The Morgan fingerprint density at radius 1 is 1.29 bits per heavy atom. The van der Waals surface area contributed by atoms with Crippen molar-refractivity contribution < 1.29 is 19.5 Å². The number of unbranched alkanes of at least 4 members (excludes halogenated alkanes) is 1. The van der Waals surface area contributed by atoms with E-state index in [0.717, 1.165) is 15.1 Å². The van der Waals surface area contributed by atoms with E-state index in [1.807, 2.05) is 6.07 Å². The molecule has 0 spiro atoms. The lowest BCUT2D eigenvalue weighted by molar-refractivity contribution is 0.371. The molecular formula is C10H14BrO4PS. The fourth-order valence-electron chi connectivity index (χ4n) is 1.21. The predicted octanol–water partition coefficient (Wildman–Crippen LogP) is 3.20. The maximum atomic E-state index is 10.6. The Balaban J connectivity index is 2.31. The van der Waals surface area contributed by atoms with Gasteiger partial charge < -0.3 is 14.9 Å². The van der Waals surface area contributed by atoms with Gasteiger partial charge in [0.05, 0.1) is 4.90 Å². The summed E-state index contributed by atoms with van der Waals surface area (Å²) in [4.78, 5) is 18.1. The third-order valence-electron chi connectivity index (χ3n) is 2.02. The summed E-state index contributed by atoms with van der Waals surface area (Å²) in [5.74, 6) is 0.956. The zero-order chi connectivity index (χ0) is 12.9. The third-order valence-corrected chi connectivity index (χ3v) is 4.55. The van der Waals surface area contributed by atoms with Gasteiger partial charge in [-0.05, 0) is 36.8 Å². The maximum absolute atomic E-state index is 10.6. The number of thioether (sulfide) groups is 1. The number of hydrogen-bond donors (Lipinski definition) is 3.